The first-order valence-electron chi connectivity index (χ1n) is 14.5. The molecule has 0 spiro atoms. The Morgan fingerprint density at radius 1 is 1.05 bits per heavy atom. The molecule has 0 aliphatic carbocycles. The van der Waals surface area contributed by atoms with E-state index >= 15 is 0 Å². The number of piperidine rings is 1. The number of aromatic nitrogens is 2. The number of ether oxygens (including phenoxy) is 1. The lowest BCUT2D eigenvalue weighted by atomic mass is 10.0. The minimum absolute atomic E-state index is 0.0683. The van der Waals surface area contributed by atoms with E-state index in [-0.39, 0.29) is 33.7 Å². The molecule has 1 aromatic heterocycles. The first-order chi connectivity index (χ1) is 20.5. The van der Waals surface area contributed by atoms with Crippen molar-refractivity contribution in [3.05, 3.63) is 53.7 Å². The highest BCUT2D eigenvalue weighted by molar-refractivity contribution is 7.89. The lowest BCUT2D eigenvalue weighted by Gasteiger charge is -2.38. The van der Waals surface area contributed by atoms with Crippen LogP contribution in [0, 0.1) is 0 Å². The van der Waals surface area contributed by atoms with Crippen LogP contribution in [0.2, 0.25) is 5.02 Å². The molecule has 43 heavy (non-hydrogen) atoms. The van der Waals surface area contributed by atoms with Gasteiger partial charge in [-0.1, -0.05) is 23.7 Å². The van der Waals surface area contributed by atoms with Crippen LogP contribution in [0.1, 0.15) is 39.5 Å². The van der Waals surface area contributed by atoms with Gasteiger partial charge in [-0.2, -0.15) is 4.98 Å². The van der Waals surface area contributed by atoms with Crippen molar-refractivity contribution in [2.75, 3.05) is 49.3 Å². The van der Waals surface area contributed by atoms with Crippen molar-refractivity contribution in [2.24, 2.45) is 0 Å². The minimum Gasteiger partial charge on any atom is -0.489 e. The summed E-state index contributed by atoms with van der Waals surface area (Å²) in [7, 11) is -0.751. The van der Waals surface area contributed by atoms with Gasteiger partial charge in [-0.15, -0.1) is 0 Å². The third-order valence-corrected chi connectivity index (χ3v) is 9.75. The molecule has 3 heterocycles. The molecule has 2 aliphatic heterocycles. The number of anilines is 5. The van der Waals surface area contributed by atoms with Crippen molar-refractivity contribution in [2.45, 2.75) is 56.6 Å². The summed E-state index contributed by atoms with van der Waals surface area (Å²) in [6, 6.07) is 12.9. The Morgan fingerprint density at radius 3 is 2.47 bits per heavy atom. The maximum atomic E-state index is 12.9. The highest BCUT2D eigenvalue weighted by Gasteiger charge is 2.31. The molecule has 2 aliphatic rings. The predicted octanol–water partition coefficient (Wildman–Crippen LogP) is 5.25. The van der Waals surface area contributed by atoms with Crippen molar-refractivity contribution in [3.8, 4) is 5.75 Å². The van der Waals surface area contributed by atoms with E-state index in [0.29, 0.717) is 29.6 Å². The van der Waals surface area contributed by atoms with E-state index in [4.69, 9.17) is 16.3 Å². The number of nitrogens with zero attached hydrogens (tertiary/aromatic N) is 5. The molecule has 1 amide bonds. The van der Waals surface area contributed by atoms with Crippen molar-refractivity contribution < 1.29 is 17.9 Å². The third-order valence-electron chi connectivity index (χ3n) is 7.60. The van der Waals surface area contributed by atoms with E-state index in [9.17, 15) is 13.2 Å². The molecule has 2 fully saturated rings. The molecule has 0 radical (unpaired) electrons. The summed E-state index contributed by atoms with van der Waals surface area (Å²) < 4.78 is 33.1. The van der Waals surface area contributed by atoms with Gasteiger partial charge in [0.25, 0.3) is 0 Å². The molecule has 13 heteroatoms. The lowest BCUT2D eigenvalue weighted by Crippen LogP contribution is -2.45. The second-order valence-corrected chi connectivity index (χ2v) is 13.7. The maximum Gasteiger partial charge on any atom is 0.244 e. The van der Waals surface area contributed by atoms with E-state index in [0.717, 1.165) is 48.9 Å². The number of sulfonamides is 1. The highest BCUT2D eigenvalue weighted by Crippen LogP contribution is 2.35. The average molecular weight is 628 g/mol. The van der Waals surface area contributed by atoms with Crippen LogP contribution in [0.3, 0.4) is 0 Å². The summed E-state index contributed by atoms with van der Waals surface area (Å²) in [5.41, 5.74) is 2.07. The van der Waals surface area contributed by atoms with Crippen LogP contribution in [0.4, 0.5) is 28.8 Å². The Hall–Kier alpha value is -3.61. The Bertz CT molecular complexity index is 1580. The van der Waals surface area contributed by atoms with E-state index < -0.39 is 10.0 Å². The summed E-state index contributed by atoms with van der Waals surface area (Å²) in [5, 5.41) is 6.53. The fraction of sp³-hybridized carbons (Fsp3) is 0.433. The molecule has 0 bridgehead atoms. The third kappa shape index (κ3) is 6.97. The van der Waals surface area contributed by atoms with Gasteiger partial charge in [-0.25, -0.2) is 17.7 Å². The summed E-state index contributed by atoms with van der Waals surface area (Å²) in [4.78, 5) is 25.6. The first-order valence-corrected chi connectivity index (χ1v) is 16.3. The smallest absolute Gasteiger partial charge is 0.244 e. The monoisotopic (exact) mass is 627 g/mol. The van der Waals surface area contributed by atoms with Crippen molar-refractivity contribution in [1.29, 1.82) is 0 Å². The van der Waals surface area contributed by atoms with Gasteiger partial charge in [0.1, 0.15) is 15.7 Å². The number of carbonyl (C=O) groups excluding carboxylic acids is 1. The van der Waals surface area contributed by atoms with Gasteiger partial charge in [0.05, 0.1) is 23.7 Å². The molecule has 230 valence electrons. The van der Waals surface area contributed by atoms with Gasteiger partial charge >= 0.3 is 0 Å². The number of benzene rings is 2. The van der Waals surface area contributed by atoms with Crippen molar-refractivity contribution in [3.63, 3.8) is 0 Å². The molecule has 3 aromatic rings. The van der Waals surface area contributed by atoms with E-state index in [2.05, 4.69) is 30.4 Å². The van der Waals surface area contributed by atoms with Crippen LogP contribution in [0.15, 0.2) is 53.6 Å². The highest BCUT2D eigenvalue weighted by atomic mass is 35.5. The molecular formula is C30H38ClN7O4S. The van der Waals surface area contributed by atoms with Crippen LogP contribution in [-0.4, -0.2) is 79.4 Å². The lowest BCUT2D eigenvalue weighted by molar-refractivity contribution is -0.130. The van der Waals surface area contributed by atoms with Crippen LogP contribution in [0.5, 0.6) is 5.75 Å². The van der Waals surface area contributed by atoms with Gasteiger partial charge in [0.2, 0.25) is 21.9 Å². The zero-order valence-electron chi connectivity index (χ0n) is 24.9. The number of hydrogen-bond donors (Lipinski definition) is 2. The number of nitrogens with one attached hydrogen (secondary N) is 2. The number of halogens is 1. The fourth-order valence-electron chi connectivity index (χ4n) is 5.41. The van der Waals surface area contributed by atoms with E-state index in [1.54, 1.807) is 18.2 Å². The quantitative estimate of drug-likeness (QED) is 0.311. The van der Waals surface area contributed by atoms with E-state index in [1.165, 1.54) is 26.4 Å². The largest absolute Gasteiger partial charge is 0.489 e. The van der Waals surface area contributed by atoms with Gasteiger partial charge in [0, 0.05) is 57.9 Å². The topological polar surface area (TPSA) is 120 Å². The standard InChI is InChI=1S/C30H38ClN7O4S/c1-20(2)42-26-18-22(37-16-13-21(14-17-37)38-15-7-10-28(38)39)11-12-24(26)34-30-32-19-23(31)29(35-30)33-25-8-5-6-9-27(25)43(40,41)36(3)4/h5-6,8-9,11-12,18-21H,7,10,13-17H2,1-4H3,(H2,32,33,34,35). The zero-order chi connectivity index (χ0) is 30.7. The molecule has 2 N–H and O–H groups in total. The molecule has 0 atom stereocenters. The number of likely N-dealkylation sites (tertiary alicyclic amines) is 1. The second kappa shape index (κ2) is 12.9. The van der Waals surface area contributed by atoms with Crippen LogP contribution in [0.25, 0.3) is 0 Å². The van der Waals surface area contributed by atoms with Gasteiger partial charge in [-0.3, -0.25) is 4.79 Å². The maximum absolute atomic E-state index is 12.9. The van der Waals surface area contributed by atoms with Gasteiger partial charge in [0.15, 0.2) is 5.82 Å². The SMILES string of the molecule is CC(C)Oc1cc(N2CCC(N3CCCC3=O)CC2)ccc1Nc1ncc(Cl)c(Nc2ccccc2S(=O)(=O)N(C)C)n1. The summed E-state index contributed by atoms with van der Waals surface area (Å²) >= 11 is 6.42. The van der Waals surface area contributed by atoms with Gasteiger partial charge in [-0.05, 0) is 57.4 Å². The first kappa shape index (κ1) is 30.8. The molecule has 2 saturated heterocycles. The van der Waals surface area contributed by atoms with Crippen LogP contribution >= 0.6 is 11.6 Å². The molecule has 0 unspecified atom stereocenters. The Labute approximate surface area is 258 Å². The van der Waals surface area contributed by atoms with Crippen molar-refractivity contribution in [1.82, 2.24) is 19.2 Å². The van der Waals surface area contributed by atoms with Crippen LogP contribution in [-0.2, 0) is 14.8 Å². The summed E-state index contributed by atoms with van der Waals surface area (Å²) in [6.45, 7) is 6.54. The number of amides is 1. The number of hydrogen-bond acceptors (Lipinski definition) is 9. The predicted molar refractivity (Wildman–Crippen MR) is 169 cm³/mol. The molecule has 5 rings (SSSR count). The number of para-hydroxylation sites is 1. The summed E-state index contributed by atoms with van der Waals surface area (Å²) in [6.07, 6.45) is 4.91. The Balaban J connectivity index is 1.35. The van der Waals surface area contributed by atoms with E-state index in [1.807, 2.05) is 32.0 Å². The van der Waals surface area contributed by atoms with Crippen molar-refractivity contribution >= 4 is 56.4 Å². The number of rotatable bonds is 10. The number of carbonyl (C=O) groups is 1. The molecular weight excluding hydrogens is 590 g/mol. The molecule has 2 aromatic carbocycles. The Kier molecular flexibility index (Phi) is 9.28. The normalized spacial score (nSPS) is 16.3. The minimum atomic E-state index is -3.71. The van der Waals surface area contributed by atoms with Gasteiger partial charge < -0.3 is 25.2 Å². The summed E-state index contributed by atoms with van der Waals surface area (Å²) in [5.74, 6) is 1.45. The van der Waals surface area contributed by atoms with Crippen LogP contribution < -0.4 is 20.3 Å². The Morgan fingerprint density at radius 2 is 1.79 bits per heavy atom. The second-order valence-electron chi connectivity index (χ2n) is 11.2. The average Bonchev–Trinajstić information content (AvgIpc) is 3.41. The molecule has 0 saturated carbocycles. The fourth-order valence-corrected chi connectivity index (χ4v) is 6.59. The molecule has 11 nitrogen and oxygen atoms in total. The zero-order valence-corrected chi connectivity index (χ0v) is 26.5.